The number of aromatic nitrogens is 2. The summed E-state index contributed by atoms with van der Waals surface area (Å²) in [5, 5.41) is 0.742. The highest BCUT2D eigenvalue weighted by Crippen LogP contribution is 2.50. The first-order valence-electron chi connectivity index (χ1n) is 10.7. The summed E-state index contributed by atoms with van der Waals surface area (Å²) in [6.07, 6.45) is 8.19. The minimum Gasteiger partial charge on any atom is -0.338 e. The topological polar surface area (TPSA) is 49.3 Å². The molecule has 2 aromatic heterocycles. The third-order valence-electron chi connectivity index (χ3n) is 6.66. The molecule has 0 bridgehead atoms. The highest BCUT2D eigenvalue weighted by atomic mass is 35.5. The fourth-order valence-corrected chi connectivity index (χ4v) is 5.30. The number of nitrogens with zero attached hydrogens (tertiary/aromatic N) is 4. The lowest BCUT2D eigenvalue weighted by Crippen LogP contribution is -2.39. The lowest BCUT2D eigenvalue weighted by molar-refractivity contribution is -0.136. The number of halogens is 1. The molecule has 0 aliphatic carbocycles. The number of likely N-dealkylation sites (tertiary alicyclic amines) is 2. The molecule has 1 aromatic carbocycles. The van der Waals surface area contributed by atoms with E-state index in [4.69, 9.17) is 11.6 Å². The molecule has 5 rings (SSSR count). The zero-order valence-corrected chi connectivity index (χ0v) is 18.1. The van der Waals surface area contributed by atoms with Crippen LogP contribution in [0.4, 0.5) is 0 Å². The Labute approximate surface area is 187 Å². The van der Waals surface area contributed by atoms with E-state index in [0.717, 1.165) is 48.7 Å². The van der Waals surface area contributed by atoms with Crippen molar-refractivity contribution < 1.29 is 4.79 Å². The lowest BCUT2D eigenvalue weighted by atomic mass is 9.73. The van der Waals surface area contributed by atoms with Gasteiger partial charge in [-0.15, -0.1) is 0 Å². The van der Waals surface area contributed by atoms with Gasteiger partial charge in [0.25, 0.3) is 0 Å². The van der Waals surface area contributed by atoms with Crippen LogP contribution in [0, 0.1) is 5.41 Å². The van der Waals surface area contributed by atoms with Crippen molar-refractivity contribution in [3.63, 3.8) is 0 Å². The molecule has 1 amide bonds. The molecule has 2 aliphatic rings. The van der Waals surface area contributed by atoms with Gasteiger partial charge in [-0.05, 0) is 47.4 Å². The van der Waals surface area contributed by atoms with Gasteiger partial charge < -0.3 is 4.90 Å². The second-order valence-corrected chi connectivity index (χ2v) is 9.07. The smallest absolute Gasteiger partial charge is 0.231 e. The van der Waals surface area contributed by atoms with Crippen molar-refractivity contribution in [2.24, 2.45) is 5.41 Å². The van der Waals surface area contributed by atoms with Crippen LogP contribution in [-0.4, -0.2) is 45.3 Å². The number of hydrogen-bond donors (Lipinski definition) is 0. The molecule has 0 saturated carbocycles. The first-order chi connectivity index (χ1) is 15.1. The molecule has 2 saturated heterocycles. The molecule has 2 fully saturated rings. The second-order valence-electron chi connectivity index (χ2n) is 8.63. The lowest BCUT2D eigenvalue weighted by Gasteiger charge is -2.29. The van der Waals surface area contributed by atoms with Crippen molar-refractivity contribution in [1.82, 2.24) is 19.8 Å². The molecule has 0 radical (unpaired) electrons. The van der Waals surface area contributed by atoms with E-state index in [1.807, 2.05) is 47.6 Å². The van der Waals surface area contributed by atoms with Crippen molar-refractivity contribution >= 4 is 17.5 Å². The Morgan fingerprint density at radius 1 is 0.968 bits per heavy atom. The summed E-state index contributed by atoms with van der Waals surface area (Å²) in [7, 11) is 0. The molecule has 158 valence electrons. The van der Waals surface area contributed by atoms with Gasteiger partial charge in [-0.1, -0.05) is 35.9 Å². The molecule has 31 heavy (non-hydrogen) atoms. The van der Waals surface area contributed by atoms with E-state index in [-0.39, 0.29) is 11.8 Å². The first kappa shape index (κ1) is 20.2. The van der Waals surface area contributed by atoms with Crippen molar-refractivity contribution in [2.45, 2.75) is 25.4 Å². The largest absolute Gasteiger partial charge is 0.338 e. The third-order valence-corrected chi connectivity index (χ3v) is 6.91. The Hall–Kier alpha value is -2.76. The van der Waals surface area contributed by atoms with E-state index < -0.39 is 5.41 Å². The molecule has 2 atom stereocenters. The van der Waals surface area contributed by atoms with Crippen molar-refractivity contribution in [2.75, 3.05) is 19.6 Å². The molecule has 2 aliphatic heterocycles. The Balaban J connectivity index is 1.41. The van der Waals surface area contributed by atoms with E-state index in [1.165, 1.54) is 5.56 Å². The average Bonchev–Trinajstić information content (AvgIpc) is 3.32. The predicted octanol–water partition coefficient (Wildman–Crippen LogP) is 4.15. The third kappa shape index (κ3) is 3.95. The van der Waals surface area contributed by atoms with Crippen LogP contribution in [-0.2, 0) is 17.9 Å². The van der Waals surface area contributed by atoms with Gasteiger partial charge in [0.2, 0.25) is 5.91 Å². The maximum Gasteiger partial charge on any atom is 0.231 e. The van der Waals surface area contributed by atoms with Gasteiger partial charge >= 0.3 is 0 Å². The van der Waals surface area contributed by atoms with E-state index in [0.29, 0.717) is 6.54 Å². The summed E-state index contributed by atoms with van der Waals surface area (Å²) in [5.41, 5.74) is 3.03. The normalized spacial score (nSPS) is 23.7. The molecule has 5 nitrogen and oxygen atoms in total. The summed E-state index contributed by atoms with van der Waals surface area (Å²) in [4.78, 5) is 26.8. The molecule has 0 N–H and O–H groups in total. The number of benzene rings is 1. The maximum absolute atomic E-state index is 13.8. The molecule has 2 unspecified atom stereocenters. The molecule has 4 heterocycles. The van der Waals surface area contributed by atoms with E-state index >= 15 is 0 Å². The van der Waals surface area contributed by atoms with Gasteiger partial charge in [-0.25, -0.2) is 0 Å². The summed E-state index contributed by atoms with van der Waals surface area (Å²) >= 11 is 6.06. The van der Waals surface area contributed by atoms with E-state index in [1.54, 1.807) is 12.4 Å². The molecular weight excluding hydrogens is 408 g/mol. The Morgan fingerprint density at radius 2 is 1.74 bits per heavy atom. The van der Waals surface area contributed by atoms with Crippen molar-refractivity contribution in [3.05, 3.63) is 95.0 Å². The molecule has 1 spiro atoms. The Morgan fingerprint density at radius 3 is 2.45 bits per heavy atom. The second kappa shape index (κ2) is 8.40. The van der Waals surface area contributed by atoms with Crippen LogP contribution in [0.15, 0.2) is 73.3 Å². The standard InChI is InChI=1S/C25H25ClN4O/c26-22-7-5-19(6-8-22)15-29-17-23(21-4-2-11-28-14-21)25(18-29)9-12-30(24(25)31)16-20-3-1-10-27-13-20/h1-8,10-11,13-14,23H,9,12,15-18H2. The summed E-state index contributed by atoms with van der Waals surface area (Å²) < 4.78 is 0. The predicted molar refractivity (Wildman–Crippen MR) is 120 cm³/mol. The maximum atomic E-state index is 13.8. The molecule has 6 heteroatoms. The molecular formula is C25H25ClN4O. The van der Waals surface area contributed by atoms with Crippen LogP contribution < -0.4 is 0 Å². The Bertz CT molecular complexity index is 1040. The van der Waals surface area contributed by atoms with Crippen LogP contribution in [0.5, 0.6) is 0 Å². The number of carbonyl (C=O) groups excluding carboxylic acids is 1. The highest BCUT2D eigenvalue weighted by Gasteiger charge is 2.56. The van der Waals surface area contributed by atoms with Crippen LogP contribution in [0.3, 0.4) is 0 Å². The van der Waals surface area contributed by atoms with Gasteiger partial charge in [0.1, 0.15) is 0 Å². The van der Waals surface area contributed by atoms with Crippen LogP contribution in [0.2, 0.25) is 5.02 Å². The van der Waals surface area contributed by atoms with Gasteiger partial charge in [0.15, 0.2) is 0 Å². The number of carbonyl (C=O) groups is 1. The van der Waals surface area contributed by atoms with E-state index in [2.05, 4.69) is 33.1 Å². The number of hydrogen-bond acceptors (Lipinski definition) is 4. The number of pyridine rings is 2. The zero-order chi connectivity index (χ0) is 21.3. The quantitative estimate of drug-likeness (QED) is 0.607. The summed E-state index contributed by atoms with van der Waals surface area (Å²) in [5.74, 6) is 0.392. The van der Waals surface area contributed by atoms with Crippen molar-refractivity contribution in [3.8, 4) is 0 Å². The SMILES string of the molecule is O=C1N(Cc2cccnc2)CCC12CN(Cc1ccc(Cl)cc1)CC2c1cccnc1. The molecule has 3 aromatic rings. The fourth-order valence-electron chi connectivity index (χ4n) is 5.17. The minimum absolute atomic E-state index is 0.139. The van der Waals surface area contributed by atoms with Crippen LogP contribution in [0.1, 0.15) is 29.0 Å². The fraction of sp³-hybridized carbons (Fsp3) is 0.320. The van der Waals surface area contributed by atoms with Crippen LogP contribution in [0.25, 0.3) is 0 Å². The number of rotatable bonds is 5. The monoisotopic (exact) mass is 432 g/mol. The highest BCUT2D eigenvalue weighted by molar-refractivity contribution is 6.30. The van der Waals surface area contributed by atoms with Gasteiger partial charge in [-0.2, -0.15) is 0 Å². The minimum atomic E-state index is -0.405. The van der Waals surface area contributed by atoms with Gasteiger partial charge in [-0.3, -0.25) is 19.7 Å². The summed E-state index contributed by atoms with van der Waals surface area (Å²) in [6, 6.07) is 16.0. The summed E-state index contributed by atoms with van der Waals surface area (Å²) in [6.45, 7) is 3.81. The van der Waals surface area contributed by atoms with Crippen molar-refractivity contribution in [1.29, 1.82) is 0 Å². The number of amides is 1. The Kier molecular flexibility index (Phi) is 5.47. The van der Waals surface area contributed by atoms with Gasteiger partial charge in [0.05, 0.1) is 5.41 Å². The first-order valence-corrected chi connectivity index (χ1v) is 11.1. The zero-order valence-electron chi connectivity index (χ0n) is 17.3. The van der Waals surface area contributed by atoms with Crippen LogP contribution >= 0.6 is 11.6 Å². The van der Waals surface area contributed by atoms with E-state index in [9.17, 15) is 4.79 Å². The average molecular weight is 433 g/mol. The van der Waals surface area contributed by atoms with Gasteiger partial charge in [0, 0.05) is 68.5 Å².